The summed E-state index contributed by atoms with van der Waals surface area (Å²) in [5.74, 6) is 0.941. The number of carbonyl (C=O) groups is 1. The highest BCUT2D eigenvalue weighted by Gasteiger charge is 2.04. The van der Waals surface area contributed by atoms with Gasteiger partial charge in [0.2, 0.25) is 5.91 Å². The van der Waals surface area contributed by atoms with Crippen molar-refractivity contribution in [1.29, 1.82) is 0 Å². The molecule has 0 aromatic heterocycles. The normalized spacial score (nSPS) is 11.0. The van der Waals surface area contributed by atoms with Crippen LogP contribution in [0.1, 0.15) is 11.1 Å². The van der Waals surface area contributed by atoms with Crippen LogP contribution in [0.15, 0.2) is 53.5 Å². The van der Waals surface area contributed by atoms with Gasteiger partial charge in [0.25, 0.3) is 0 Å². The molecule has 0 radical (unpaired) electrons. The summed E-state index contributed by atoms with van der Waals surface area (Å²) in [6.07, 6.45) is 0.727. The number of aliphatic imine (C=N–C) groups is 1. The van der Waals surface area contributed by atoms with Crippen molar-refractivity contribution in [2.24, 2.45) is 4.99 Å². The van der Waals surface area contributed by atoms with Crippen molar-refractivity contribution in [3.8, 4) is 5.75 Å². The number of guanidine groups is 1. The minimum atomic E-state index is -0.246. The number of methoxy groups -OCH3 is 1. The fourth-order valence-corrected chi connectivity index (χ4v) is 2.37. The van der Waals surface area contributed by atoms with Gasteiger partial charge in [0.15, 0.2) is 5.96 Å². The zero-order valence-corrected chi connectivity index (χ0v) is 15.6. The van der Waals surface area contributed by atoms with Gasteiger partial charge in [0.05, 0.1) is 13.7 Å². The fraction of sp³-hybridized carbons (Fsp3) is 0.300. The average Bonchev–Trinajstić information content (AvgIpc) is 2.70. The van der Waals surface area contributed by atoms with E-state index in [9.17, 15) is 9.18 Å². The molecule has 0 saturated carbocycles. The van der Waals surface area contributed by atoms with E-state index in [1.54, 1.807) is 26.3 Å². The summed E-state index contributed by atoms with van der Waals surface area (Å²) >= 11 is 0. The third-order valence-corrected chi connectivity index (χ3v) is 3.91. The fourth-order valence-electron chi connectivity index (χ4n) is 2.37. The van der Waals surface area contributed by atoms with Gasteiger partial charge in [-0.15, -0.1) is 0 Å². The summed E-state index contributed by atoms with van der Waals surface area (Å²) in [7, 11) is 3.26. The molecular weight excluding hydrogens is 347 g/mol. The van der Waals surface area contributed by atoms with Crippen LogP contribution in [-0.2, 0) is 17.8 Å². The van der Waals surface area contributed by atoms with Gasteiger partial charge in [-0.1, -0.05) is 24.3 Å². The van der Waals surface area contributed by atoms with Gasteiger partial charge in [-0.25, -0.2) is 4.39 Å². The van der Waals surface area contributed by atoms with Gasteiger partial charge in [0.1, 0.15) is 11.6 Å². The van der Waals surface area contributed by atoms with Gasteiger partial charge in [-0.2, -0.15) is 0 Å². The van der Waals surface area contributed by atoms with E-state index >= 15 is 0 Å². The molecule has 2 aromatic carbocycles. The molecule has 0 saturated heterocycles. The molecule has 0 heterocycles. The zero-order chi connectivity index (χ0) is 19.5. The van der Waals surface area contributed by atoms with Gasteiger partial charge < -0.3 is 20.7 Å². The number of carbonyl (C=O) groups excluding carboxylic acids is 1. The van der Waals surface area contributed by atoms with Crippen molar-refractivity contribution < 1.29 is 13.9 Å². The molecule has 7 heteroatoms. The van der Waals surface area contributed by atoms with E-state index in [-0.39, 0.29) is 18.3 Å². The van der Waals surface area contributed by atoms with Gasteiger partial charge in [0, 0.05) is 20.1 Å². The summed E-state index contributed by atoms with van der Waals surface area (Å²) in [4.78, 5) is 16.1. The highest BCUT2D eigenvalue weighted by atomic mass is 19.1. The van der Waals surface area contributed by atoms with Crippen LogP contribution < -0.4 is 20.7 Å². The molecule has 0 aliphatic carbocycles. The summed E-state index contributed by atoms with van der Waals surface area (Å²) in [6, 6.07) is 13.9. The summed E-state index contributed by atoms with van der Waals surface area (Å²) in [5.41, 5.74) is 2.02. The lowest BCUT2D eigenvalue weighted by atomic mass is 10.1. The molecule has 0 spiro atoms. The first-order valence-electron chi connectivity index (χ1n) is 8.69. The summed E-state index contributed by atoms with van der Waals surface area (Å²) in [6.45, 7) is 1.19. The predicted molar refractivity (Wildman–Crippen MR) is 104 cm³/mol. The molecule has 3 N–H and O–H groups in total. The Bertz CT molecular complexity index is 746. The van der Waals surface area contributed by atoms with E-state index < -0.39 is 0 Å². The second kappa shape index (κ2) is 10.8. The standard InChI is InChI=1S/C20H25FN4O2/c1-22-20(23-12-11-15-3-7-17(21)8-4-15)25-14-19(26)24-13-16-5-9-18(27-2)10-6-16/h3-10H,11-14H2,1-2H3,(H,24,26)(H2,22,23,25). The Kier molecular flexibility index (Phi) is 8.09. The molecule has 6 nitrogen and oxygen atoms in total. The number of hydrogen-bond donors (Lipinski definition) is 3. The maximum absolute atomic E-state index is 12.9. The van der Waals surface area contributed by atoms with Crippen LogP contribution in [-0.4, -0.2) is 39.1 Å². The third kappa shape index (κ3) is 7.35. The lowest BCUT2D eigenvalue weighted by Gasteiger charge is -2.12. The number of nitrogens with zero attached hydrogens (tertiary/aromatic N) is 1. The summed E-state index contributed by atoms with van der Waals surface area (Å²) < 4.78 is 18.0. The van der Waals surface area contributed by atoms with Crippen LogP contribution in [0.3, 0.4) is 0 Å². The lowest BCUT2D eigenvalue weighted by Crippen LogP contribution is -2.43. The second-order valence-corrected chi connectivity index (χ2v) is 5.85. The van der Waals surface area contributed by atoms with Crippen molar-refractivity contribution in [2.45, 2.75) is 13.0 Å². The first-order chi connectivity index (χ1) is 13.1. The molecule has 0 bridgehead atoms. The van der Waals surface area contributed by atoms with Crippen LogP contribution >= 0.6 is 0 Å². The number of ether oxygens (including phenoxy) is 1. The maximum Gasteiger partial charge on any atom is 0.239 e. The van der Waals surface area contributed by atoms with Crippen molar-refractivity contribution in [3.05, 3.63) is 65.5 Å². The maximum atomic E-state index is 12.9. The van der Waals surface area contributed by atoms with Crippen LogP contribution in [0.5, 0.6) is 5.75 Å². The topological polar surface area (TPSA) is 74.8 Å². The van der Waals surface area contributed by atoms with Crippen molar-refractivity contribution in [2.75, 3.05) is 27.2 Å². The molecular formula is C20H25FN4O2. The first-order valence-corrected chi connectivity index (χ1v) is 8.69. The van der Waals surface area contributed by atoms with E-state index in [0.717, 1.165) is 23.3 Å². The van der Waals surface area contributed by atoms with Gasteiger partial charge in [-0.3, -0.25) is 9.79 Å². The Morgan fingerprint density at radius 2 is 1.67 bits per heavy atom. The number of nitrogens with one attached hydrogen (secondary N) is 3. The third-order valence-electron chi connectivity index (χ3n) is 3.91. The molecule has 0 aliphatic rings. The van der Waals surface area contributed by atoms with Gasteiger partial charge in [-0.05, 0) is 41.8 Å². The predicted octanol–water partition coefficient (Wildman–Crippen LogP) is 1.86. The summed E-state index contributed by atoms with van der Waals surface area (Å²) in [5, 5.41) is 8.93. The average molecular weight is 372 g/mol. The largest absolute Gasteiger partial charge is 0.497 e. The number of halogens is 1. The minimum absolute atomic E-state index is 0.117. The second-order valence-electron chi connectivity index (χ2n) is 5.85. The molecule has 0 atom stereocenters. The van der Waals surface area contributed by atoms with Crippen LogP contribution in [0, 0.1) is 5.82 Å². The Labute approximate surface area is 158 Å². The Morgan fingerprint density at radius 3 is 2.30 bits per heavy atom. The van der Waals surface area contributed by atoms with Crippen molar-refractivity contribution in [3.63, 3.8) is 0 Å². The van der Waals surface area contributed by atoms with Gasteiger partial charge >= 0.3 is 0 Å². The molecule has 2 rings (SSSR count). The number of benzene rings is 2. The van der Waals surface area contributed by atoms with E-state index in [2.05, 4.69) is 20.9 Å². The Morgan fingerprint density at radius 1 is 1.00 bits per heavy atom. The Balaban J connectivity index is 1.66. The SMILES string of the molecule is CN=C(NCCc1ccc(F)cc1)NCC(=O)NCc1ccc(OC)cc1. The zero-order valence-electron chi connectivity index (χ0n) is 15.6. The van der Waals surface area contributed by atoms with E-state index in [1.807, 2.05) is 24.3 Å². The Hall–Kier alpha value is -3.09. The van der Waals surface area contributed by atoms with Crippen LogP contribution in [0.2, 0.25) is 0 Å². The number of amides is 1. The van der Waals surface area contributed by atoms with Crippen molar-refractivity contribution in [1.82, 2.24) is 16.0 Å². The molecule has 2 aromatic rings. The number of hydrogen-bond acceptors (Lipinski definition) is 3. The minimum Gasteiger partial charge on any atom is -0.497 e. The van der Waals surface area contributed by atoms with E-state index in [0.29, 0.717) is 19.0 Å². The smallest absolute Gasteiger partial charge is 0.239 e. The number of rotatable bonds is 8. The molecule has 144 valence electrons. The van der Waals surface area contributed by atoms with E-state index in [4.69, 9.17) is 4.74 Å². The lowest BCUT2D eigenvalue weighted by molar-refractivity contribution is -0.120. The highest BCUT2D eigenvalue weighted by molar-refractivity contribution is 5.86. The molecule has 27 heavy (non-hydrogen) atoms. The molecule has 0 fully saturated rings. The van der Waals surface area contributed by atoms with Crippen LogP contribution in [0.4, 0.5) is 4.39 Å². The molecule has 0 unspecified atom stereocenters. The van der Waals surface area contributed by atoms with E-state index in [1.165, 1.54) is 12.1 Å². The molecule has 1 amide bonds. The quantitative estimate of drug-likeness (QED) is 0.488. The molecule has 0 aliphatic heterocycles. The van der Waals surface area contributed by atoms with Crippen molar-refractivity contribution >= 4 is 11.9 Å². The first kappa shape index (κ1) is 20.2. The van der Waals surface area contributed by atoms with Crippen LogP contribution in [0.25, 0.3) is 0 Å². The highest BCUT2D eigenvalue weighted by Crippen LogP contribution is 2.10. The monoisotopic (exact) mass is 372 g/mol.